The normalized spacial score (nSPS) is 39.5. The highest BCUT2D eigenvalue weighted by Crippen LogP contribution is 2.73. The average Bonchev–Trinajstić information content (AvgIpc) is 3.30. The fourth-order valence-corrected chi connectivity index (χ4v) is 9.68. The van der Waals surface area contributed by atoms with Crippen molar-refractivity contribution >= 4 is 5.97 Å². The van der Waals surface area contributed by atoms with Crippen molar-refractivity contribution in [2.75, 3.05) is 6.61 Å². The number of hydrogen-bond acceptors (Lipinski definition) is 7. The predicted octanol–water partition coefficient (Wildman–Crippen LogP) is 5.13. The van der Waals surface area contributed by atoms with Gasteiger partial charge in [0.15, 0.2) is 11.9 Å². The predicted molar refractivity (Wildman–Crippen MR) is 165 cm³/mol. The van der Waals surface area contributed by atoms with Crippen LogP contribution in [0.15, 0.2) is 53.6 Å². The van der Waals surface area contributed by atoms with Gasteiger partial charge in [-0.25, -0.2) is 4.79 Å². The number of nitrogens with zero attached hydrogens (tertiary/aromatic N) is 2. The van der Waals surface area contributed by atoms with Crippen LogP contribution < -0.4 is 0 Å². The van der Waals surface area contributed by atoms with Crippen molar-refractivity contribution < 1.29 is 29.2 Å². The van der Waals surface area contributed by atoms with Crippen molar-refractivity contribution in [1.82, 2.24) is 9.78 Å². The van der Waals surface area contributed by atoms with Gasteiger partial charge in [-0.1, -0.05) is 63.3 Å². The summed E-state index contributed by atoms with van der Waals surface area (Å²) in [4.78, 5) is 14.1. The van der Waals surface area contributed by atoms with E-state index in [2.05, 4.69) is 31.9 Å². The monoisotopic (exact) mass is 602 g/mol. The lowest BCUT2D eigenvalue weighted by Crippen LogP contribution is -2.69. The van der Waals surface area contributed by atoms with Crippen LogP contribution in [0.2, 0.25) is 0 Å². The number of rotatable bonds is 4. The summed E-state index contributed by atoms with van der Waals surface area (Å²) in [5, 5.41) is 30.5. The number of aliphatic hydroxyl groups is 2. The molecule has 1 saturated heterocycles. The number of benzene rings is 1. The van der Waals surface area contributed by atoms with Gasteiger partial charge in [0.2, 0.25) is 0 Å². The Morgan fingerprint density at radius 1 is 1.14 bits per heavy atom. The molecule has 236 valence electrons. The second-order valence-corrected chi connectivity index (χ2v) is 15.2. The zero-order valence-electron chi connectivity index (χ0n) is 27.1. The van der Waals surface area contributed by atoms with Crippen LogP contribution in [-0.4, -0.2) is 62.3 Å². The van der Waals surface area contributed by atoms with Gasteiger partial charge in [0.05, 0.1) is 36.1 Å². The molecule has 2 N–H and O–H groups in total. The average molecular weight is 603 g/mol. The molecule has 0 radical (unpaired) electrons. The largest absolute Gasteiger partial charge is 0.451 e. The van der Waals surface area contributed by atoms with Gasteiger partial charge in [-0.15, -0.1) is 0 Å². The van der Waals surface area contributed by atoms with Crippen LogP contribution in [-0.2, 0) is 20.8 Å². The molecule has 0 amide bonds. The van der Waals surface area contributed by atoms with E-state index in [4.69, 9.17) is 14.2 Å². The van der Waals surface area contributed by atoms with Gasteiger partial charge < -0.3 is 24.4 Å². The Bertz CT molecular complexity index is 1570. The first kappa shape index (κ1) is 29.9. The molecule has 7 rings (SSSR count). The third-order valence-electron chi connectivity index (χ3n) is 11.9. The lowest BCUT2D eigenvalue weighted by molar-refractivity contribution is -0.312. The second kappa shape index (κ2) is 9.61. The first-order valence-corrected chi connectivity index (χ1v) is 16.0. The van der Waals surface area contributed by atoms with Crippen molar-refractivity contribution in [3.8, 4) is 0 Å². The fraction of sp³-hybridized carbons (Fsp3) is 0.611. The van der Waals surface area contributed by atoms with E-state index in [-0.39, 0.29) is 29.8 Å². The number of hydrogen-bond donors (Lipinski definition) is 2. The molecule has 2 heterocycles. The van der Waals surface area contributed by atoms with E-state index in [9.17, 15) is 15.0 Å². The Labute approximate surface area is 260 Å². The van der Waals surface area contributed by atoms with Crippen molar-refractivity contribution in [2.45, 2.75) is 98.1 Å². The Balaban J connectivity index is 1.31. The van der Waals surface area contributed by atoms with E-state index in [1.165, 1.54) is 0 Å². The van der Waals surface area contributed by atoms with E-state index in [0.29, 0.717) is 29.4 Å². The van der Waals surface area contributed by atoms with Gasteiger partial charge in [-0.05, 0) is 80.9 Å². The number of aromatic nitrogens is 2. The van der Waals surface area contributed by atoms with Gasteiger partial charge in [0.1, 0.15) is 17.3 Å². The summed E-state index contributed by atoms with van der Waals surface area (Å²) in [5.41, 5.74) is 1.52. The zero-order valence-corrected chi connectivity index (χ0v) is 27.1. The Morgan fingerprint density at radius 3 is 2.55 bits per heavy atom. The second-order valence-electron chi connectivity index (χ2n) is 15.2. The fourth-order valence-electron chi connectivity index (χ4n) is 9.68. The van der Waals surface area contributed by atoms with Crippen molar-refractivity contribution in [3.63, 3.8) is 0 Å². The van der Waals surface area contributed by atoms with Gasteiger partial charge in [0.25, 0.3) is 0 Å². The molecule has 2 bridgehead atoms. The number of ether oxygens (including phenoxy) is 3. The Morgan fingerprint density at radius 2 is 1.84 bits per heavy atom. The molecule has 1 unspecified atom stereocenters. The summed E-state index contributed by atoms with van der Waals surface area (Å²) in [6.45, 7) is 16.8. The van der Waals surface area contributed by atoms with E-state index in [1.807, 2.05) is 75.7 Å². The van der Waals surface area contributed by atoms with Crippen molar-refractivity contribution in [3.05, 3.63) is 76.1 Å². The van der Waals surface area contributed by atoms with E-state index in [1.54, 1.807) is 0 Å². The minimum absolute atomic E-state index is 0.0877. The summed E-state index contributed by atoms with van der Waals surface area (Å²) in [5.74, 6) is -1.09. The summed E-state index contributed by atoms with van der Waals surface area (Å²) in [7, 11) is 0. The molecule has 1 aromatic carbocycles. The van der Waals surface area contributed by atoms with Crippen LogP contribution in [0.3, 0.4) is 0 Å². The molecule has 5 aliphatic rings. The molecule has 9 atom stereocenters. The minimum Gasteiger partial charge on any atom is -0.451 e. The van der Waals surface area contributed by atoms with Crippen LogP contribution >= 0.6 is 0 Å². The number of aliphatic hydroxyl groups excluding tert-OH is 1. The quantitative estimate of drug-likeness (QED) is 0.369. The lowest BCUT2D eigenvalue weighted by Gasteiger charge is -2.55. The van der Waals surface area contributed by atoms with E-state index in [0.717, 1.165) is 23.1 Å². The summed E-state index contributed by atoms with van der Waals surface area (Å²) in [6, 6.07) is 9.99. The molecule has 4 aliphatic carbocycles. The van der Waals surface area contributed by atoms with Crippen LogP contribution in [0.4, 0.5) is 0 Å². The topological polar surface area (TPSA) is 103 Å². The molecule has 8 heteroatoms. The summed E-state index contributed by atoms with van der Waals surface area (Å²) < 4.78 is 20.9. The molecule has 3 fully saturated rings. The molecule has 8 nitrogen and oxygen atoms in total. The SMILES string of the molecule is CC1=C[C@]23C(O)[C@@H](C=C4COC(C)(C)O[C@H]4[C@]2(O)[C@H]1OC(=O)c1c(C)nn(Cc2ccccc2)c1C)[C@H]1[C@@H](C[C@H]3C)C1(C)C. The van der Waals surface area contributed by atoms with Gasteiger partial charge in [-0.3, -0.25) is 4.68 Å². The van der Waals surface area contributed by atoms with Crippen LogP contribution in [0.5, 0.6) is 0 Å². The number of aryl methyl sites for hydroxylation is 1. The highest BCUT2D eigenvalue weighted by Gasteiger charge is 2.77. The molecular formula is C36H46N2O6. The van der Waals surface area contributed by atoms with Crippen LogP contribution in [0.25, 0.3) is 0 Å². The molecule has 1 spiro atoms. The van der Waals surface area contributed by atoms with E-state index >= 15 is 0 Å². The molecule has 2 aromatic rings. The highest BCUT2D eigenvalue weighted by molar-refractivity contribution is 5.92. The van der Waals surface area contributed by atoms with Gasteiger partial charge in [0, 0.05) is 5.92 Å². The summed E-state index contributed by atoms with van der Waals surface area (Å²) in [6.07, 6.45) is 2.24. The van der Waals surface area contributed by atoms with Crippen molar-refractivity contribution in [2.24, 2.45) is 34.5 Å². The van der Waals surface area contributed by atoms with Gasteiger partial charge in [-0.2, -0.15) is 5.10 Å². The number of carbonyl (C=O) groups is 1. The summed E-state index contributed by atoms with van der Waals surface area (Å²) >= 11 is 0. The van der Waals surface area contributed by atoms with Gasteiger partial charge >= 0.3 is 5.97 Å². The third-order valence-corrected chi connectivity index (χ3v) is 11.9. The molecule has 44 heavy (non-hydrogen) atoms. The molecule has 2 saturated carbocycles. The number of esters is 1. The van der Waals surface area contributed by atoms with Crippen LogP contribution in [0.1, 0.15) is 75.3 Å². The molecular weight excluding hydrogens is 556 g/mol. The van der Waals surface area contributed by atoms with E-state index < -0.39 is 41.1 Å². The minimum atomic E-state index is -1.75. The van der Waals surface area contributed by atoms with Crippen LogP contribution in [0, 0.1) is 48.3 Å². The zero-order chi connectivity index (χ0) is 31.6. The maximum Gasteiger partial charge on any atom is 0.342 e. The number of carbonyl (C=O) groups excluding carboxylic acids is 1. The maximum absolute atomic E-state index is 14.1. The highest BCUT2D eigenvalue weighted by atomic mass is 16.7. The number of fused-ring (bicyclic) bond motifs is 5. The standard InChI is InChI=1S/C36H46N2O6/c1-19-16-35-20(2)14-26-28(33(26,5)6)25(29(35)39)15-24-18-42-34(7,8)44-31(24)36(35,41)30(19)43-32(40)27-21(3)37-38(22(27)4)17-23-12-10-9-11-13-23/h9-13,15-16,20,25-26,28-31,39,41H,14,17-18H2,1-8H3/t20-,25+,26-,28+,29?,30+,31-,35+,36-/m1/s1. The first-order chi connectivity index (χ1) is 20.6. The smallest absolute Gasteiger partial charge is 0.342 e. The maximum atomic E-state index is 14.1. The lowest BCUT2D eigenvalue weighted by atomic mass is 9.58. The Kier molecular flexibility index (Phi) is 6.53. The Hall–Kier alpha value is -2.78. The first-order valence-electron chi connectivity index (χ1n) is 16.0. The molecule has 1 aromatic heterocycles. The van der Waals surface area contributed by atoms with Crippen molar-refractivity contribution in [1.29, 1.82) is 0 Å². The third kappa shape index (κ3) is 3.96. The molecule has 1 aliphatic heterocycles.